The maximum Gasteiger partial charge on any atom is 0.248 e. The lowest BCUT2D eigenvalue weighted by Gasteiger charge is -2.18. The number of hydrogen-bond acceptors (Lipinski definition) is 5. The van der Waals surface area contributed by atoms with Crippen LogP contribution in [0.15, 0.2) is 42.5 Å². The van der Waals surface area contributed by atoms with Gasteiger partial charge in [-0.05, 0) is 48.2 Å². The highest BCUT2D eigenvalue weighted by Gasteiger charge is 2.12. The molecule has 1 heterocycles. The van der Waals surface area contributed by atoms with Crippen LogP contribution in [0.5, 0.6) is 23.0 Å². The van der Waals surface area contributed by atoms with Gasteiger partial charge in [0.15, 0.2) is 23.0 Å². The molecule has 0 bridgehead atoms. The molecule has 0 saturated heterocycles. The summed E-state index contributed by atoms with van der Waals surface area (Å²) in [5, 5.41) is 2.82. The van der Waals surface area contributed by atoms with Crippen LogP contribution in [-0.4, -0.2) is 32.8 Å². The Kier molecular flexibility index (Phi) is 7.00. The summed E-state index contributed by atoms with van der Waals surface area (Å²) in [6.07, 6.45) is 4.18. The Morgan fingerprint density at radius 2 is 1.90 bits per heavy atom. The van der Waals surface area contributed by atoms with Crippen LogP contribution in [0, 0.1) is 5.92 Å². The van der Waals surface area contributed by atoms with Gasteiger partial charge in [0, 0.05) is 17.8 Å². The smallest absolute Gasteiger partial charge is 0.248 e. The molecule has 1 aliphatic rings. The van der Waals surface area contributed by atoms with Gasteiger partial charge in [-0.3, -0.25) is 4.79 Å². The van der Waals surface area contributed by atoms with E-state index in [0.29, 0.717) is 54.4 Å². The molecule has 0 atom stereocenters. The second kappa shape index (κ2) is 9.87. The number of anilines is 1. The predicted octanol–water partition coefficient (Wildman–Crippen LogP) is 4.54. The SMILES string of the molecule is COc1cc(C=CC(=O)Nc2ccc3c(c2)OCCO3)ccc1OCCC(C)C. The Morgan fingerprint density at radius 3 is 2.66 bits per heavy atom. The minimum atomic E-state index is -0.238. The van der Waals surface area contributed by atoms with Gasteiger partial charge in [-0.15, -0.1) is 0 Å². The fraction of sp³-hybridized carbons (Fsp3) is 0.348. The topological polar surface area (TPSA) is 66.0 Å². The fourth-order valence-electron chi connectivity index (χ4n) is 2.79. The van der Waals surface area contributed by atoms with Crippen molar-refractivity contribution in [1.29, 1.82) is 0 Å². The summed E-state index contributed by atoms with van der Waals surface area (Å²) in [6.45, 7) is 5.99. The Hall–Kier alpha value is -3.15. The number of fused-ring (bicyclic) bond motifs is 1. The third kappa shape index (κ3) is 5.91. The molecule has 6 nitrogen and oxygen atoms in total. The number of carbonyl (C=O) groups is 1. The number of rotatable bonds is 8. The molecule has 2 aromatic rings. The molecule has 0 unspecified atom stereocenters. The van der Waals surface area contributed by atoms with E-state index in [-0.39, 0.29) is 5.91 Å². The van der Waals surface area contributed by atoms with Gasteiger partial charge in [-0.2, -0.15) is 0 Å². The third-order valence-corrected chi connectivity index (χ3v) is 4.38. The first-order valence-corrected chi connectivity index (χ1v) is 9.74. The summed E-state index contributed by atoms with van der Waals surface area (Å²) in [4.78, 5) is 12.3. The van der Waals surface area contributed by atoms with E-state index in [1.165, 1.54) is 6.08 Å². The first kappa shape index (κ1) is 20.6. The van der Waals surface area contributed by atoms with Crippen molar-refractivity contribution in [1.82, 2.24) is 0 Å². The standard InChI is InChI=1S/C23H27NO5/c1-16(2)10-11-27-19-7-4-17(14-21(19)26-3)5-9-23(25)24-18-6-8-20-22(15-18)29-13-12-28-20/h4-9,14-16H,10-13H2,1-3H3,(H,24,25). The minimum Gasteiger partial charge on any atom is -0.493 e. The molecule has 29 heavy (non-hydrogen) atoms. The normalized spacial score (nSPS) is 12.8. The number of ether oxygens (including phenoxy) is 4. The van der Waals surface area contributed by atoms with Gasteiger partial charge in [-0.25, -0.2) is 0 Å². The Bertz CT molecular complexity index is 876. The zero-order chi connectivity index (χ0) is 20.6. The van der Waals surface area contributed by atoms with E-state index < -0.39 is 0 Å². The minimum absolute atomic E-state index is 0.238. The predicted molar refractivity (Wildman–Crippen MR) is 113 cm³/mol. The van der Waals surface area contributed by atoms with Gasteiger partial charge >= 0.3 is 0 Å². The molecule has 1 amide bonds. The van der Waals surface area contributed by atoms with Gasteiger partial charge < -0.3 is 24.3 Å². The molecule has 3 rings (SSSR count). The van der Waals surface area contributed by atoms with Crippen LogP contribution in [0.3, 0.4) is 0 Å². The number of benzene rings is 2. The second-order valence-corrected chi connectivity index (χ2v) is 7.12. The third-order valence-electron chi connectivity index (χ3n) is 4.38. The monoisotopic (exact) mass is 397 g/mol. The summed E-state index contributed by atoms with van der Waals surface area (Å²) < 4.78 is 22.2. The number of hydrogen-bond donors (Lipinski definition) is 1. The van der Waals surface area contributed by atoms with Crippen LogP contribution in [-0.2, 0) is 4.79 Å². The fourth-order valence-corrected chi connectivity index (χ4v) is 2.79. The lowest BCUT2D eigenvalue weighted by atomic mass is 10.1. The summed E-state index contributed by atoms with van der Waals surface area (Å²) in [7, 11) is 1.60. The number of amides is 1. The van der Waals surface area contributed by atoms with E-state index in [1.54, 1.807) is 31.4 Å². The zero-order valence-electron chi connectivity index (χ0n) is 17.1. The maximum atomic E-state index is 12.3. The molecule has 0 fully saturated rings. The van der Waals surface area contributed by atoms with Crippen molar-refractivity contribution in [3.05, 3.63) is 48.0 Å². The van der Waals surface area contributed by atoms with Crippen molar-refractivity contribution in [2.45, 2.75) is 20.3 Å². The molecule has 0 aliphatic carbocycles. The lowest BCUT2D eigenvalue weighted by Crippen LogP contribution is -2.16. The second-order valence-electron chi connectivity index (χ2n) is 7.12. The Balaban J connectivity index is 1.60. The van der Waals surface area contributed by atoms with E-state index in [4.69, 9.17) is 18.9 Å². The van der Waals surface area contributed by atoms with Crippen LogP contribution in [0.4, 0.5) is 5.69 Å². The molecule has 0 saturated carbocycles. The summed E-state index contributed by atoms with van der Waals surface area (Å²) >= 11 is 0. The molecule has 2 aromatic carbocycles. The molecular formula is C23H27NO5. The molecule has 0 aromatic heterocycles. The van der Waals surface area contributed by atoms with Crippen molar-refractivity contribution in [3.8, 4) is 23.0 Å². The molecule has 6 heteroatoms. The quantitative estimate of drug-likeness (QED) is 0.663. The zero-order valence-corrected chi connectivity index (χ0v) is 17.1. The number of nitrogens with one attached hydrogen (secondary N) is 1. The van der Waals surface area contributed by atoms with Crippen LogP contribution >= 0.6 is 0 Å². The Morgan fingerprint density at radius 1 is 1.10 bits per heavy atom. The van der Waals surface area contributed by atoms with Crippen LogP contribution < -0.4 is 24.3 Å². The molecule has 1 aliphatic heterocycles. The highest BCUT2D eigenvalue weighted by Crippen LogP contribution is 2.32. The first-order chi connectivity index (χ1) is 14.0. The summed E-state index contributed by atoms with van der Waals surface area (Å²) in [6, 6.07) is 10.9. The van der Waals surface area contributed by atoms with Crippen molar-refractivity contribution in [3.63, 3.8) is 0 Å². The average Bonchev–Trinajstić information content (AvgIpc) is 2.72. The van der Waals surface area contributed by atoms with Crippen molar-refractivity contribution < 1.29 is 23.7 Å². The summed E-state index contributed by atoms with van der Waals surface area (Å²) in [5.41, 5.74) is 1.49. The number of carbonyl (C=O) groups excluding carboxylic acids is 1. The van der Waals surface area contributed by atoms with Crippen LogP contribution in [0.1, 0.15) is 25.8 Å². The maximum absolute atomic E-state index is 12.3. The molecule has 0 radical (unpaired) electrons. The molecule has 154 valence electrons. The first-order valence-electron chi connectivity index (χ1n) is 9.74. The van der Waals surface area contributed by atoms with Crippen LogP contribution in [0.2, 0.25) is 0 Å². The van der Waals surface area contributed by atoms with E-state index in [1.807, 2.05) is 18.2 Å². The van der Waals surface area contributed by atoms with E-state index in [9.17, 15) is 4.79 Å². The van der Waals surface area contributed by atoms with Gasteiger partial charge in [0.05, 0.1) is 13.7 Å². The molecule has 1 N–H and O–H groups in total. The van der Waals surface area contributed by atoms with Gasteiger partial charge in [-0.1, -0.05) is 19.9 Å². The highest BCUT2D eigenvalue weighted by atomic mass is 16.6. The number of methoxy groups -OCH3 is 1. The van der Waals surface area contributed by atoms with E-state index in [0.717, 1.165) is 12.0 Å². The van der Waals surface area contributed by atoms with Crippen molar-refractivity contribution in [2.75, 3.05) is 32.2 Å². The molecule has 0 spiro atoms. The van der Waals surface area contributed by atoms with Gasteiger partial charge in [0.25, 0.3) is 0 Å². The highest BCUT2D eigenvalue weighted by molar-refractivity contribution is 6.02. The van der Waals surface area contributed by atoms with Crippen molar-refractivity contribution in [2.24, 2.45) is 5.92 Å². The lowest BCUT2D eigenvalue weighted by molar-refractivity contribution is -0.111. The summed E-state index contributed by atoms with van der Waals surface area (Å²) in [5.74, 6) is 3.01. The van der Waals surface area contributed by atoms with E-state index in [2.05, 4.69) is 19.2 Å². The average molecular weight is 397 g/mol. The van der Waals surface area contributed by atoms with E-state index >= 15 is 0 Å². The van der Waals surface area contributed by atoms with Gasteiger partial charge in [0.2, 0.25) is 5.91 Å². The van der Waals surface area contributed by atoms with Crippen LogP contribution in [0.25, 0.3) is 6.08 Å². The Labute approximate surface area is 171 Å². The van der Waals surface area contributed by atoms with Crippen molar-refractivity contribution >= 4 is 17.7 Å². The molecular weight excluding hydrogens is 370 g/mol. The van der Waals surface area contributed by atoms with Gasteiger partial charge in [0.1, 0.15) is 13.2 Å². The largest absolute Gasteiger partial charge is 0.493 e.